The first-order chi connectivity index (χ1) is 7.16. The molecule has 0 heterocycles. The van der Waals surface area contributed by atoms with E-state index in [4.69, 9.17) is 0 Å². The Balaban J connectivity index is 3.83. The standard InChI is InChI=1S/C9H13F5OS/c1-2-7(15)16-6-5-8(10,11)3-4-9(12,13)14/h2-6H2,1H3. The Morgan fingerprint density at radius 1 is 1.06 bits per heavy atom. The van der Waals surface area contributed by atoms with Crippen LogP contribution in [0.1, 0.15) is 32.6 Å². The second-order valence-corrected chi connectivity index (χ2v) is 4.45. The summed E-state index contributed by atoms with van der Waals surface area (Å²) < 4.78 is 60.9. The number of halogens is 5. The predicted molar refractivity (Wildman–Crippen MR) is 52.6 cm³/mol. The zero-order chi connectivity index (χ0) is 12.8. The third kappa shape index (κ3) is 8.94. The van der Waals surface area contributed by atoms with Gasteiger partial charge in [0.15, 0.2) is 5.12 Å². The van der Waals surface area contributed by atoms with E-state index in [1.54, 1.807) is 6.92 Å². The predicted octanol–water partition coefficient (Wildman–Crippen LogP) is 4.02. The molecule has 0 spiro atoms. The van der Waals surface area contributed by atoms with E-state index in [0.29, 0.717) is 0 Å². The minimum atomic E-state index is -4.56. The Morgan fingerprint density at radius 3 is 2.06 bits per heavy atom. The first-order valence-electron chi connectivity index (χ1n) is 4.76. The van der Waals surface area contributed by atoms with Crippen molar-refractivity contribution in [2.75, 3.05) is 5.75 Å². The van der Waals surface area contributed by atoms with Crippen LogP contribution in [0.3, 0.4) is 0 Å². The molecule has 0 aliphatic rings. The number of hydrogen-bond donors (Lipinski definition) is 0. The summed E-state index contributed by atoms with van der Waals surface area (Å²) in [5.74, 6) is -3.49. The van der Waals surface area contributed by atoms with Crippen LogP contribution in [0.5, 0.6) is 0 Å². The molecule has 0 radical (unpaired) electrons. The molecule has 0 saturated carbocycles. The normalized spacial score (nSPS) is 12.9. The second kappa shape index (κ2) is 6.42. The lowest BCUT2D eigenvalue weighted by molar-refractivity contribution is -0.151. The van der Waals surface area contributed by atoms with Crippen molar-refractivity contribution >= 4 is 16.9 Å². The van der Waals surface area contributed by atoms with Gasteiger partial charge in [0.05, 0.1) is 0 Å². The SMILES string of the molecule is CCC(=O)SCCC(F)(F)CCC(F)(F)F. The van der Waals surface area contributed by atoms with Crippen LogP contribution in [-0.4, -0.2) is 23.0 Å². The van der Waals surface area contributed by atoms with E-state index in [-0.39, 0.29) is 17.3 Å². The van der Waals surface area contributed by atoms with Gasteiger partial charge < -0.3 is 0 Å². The lowest BCUT2D eigenvalue weighted by Crippen LogP contribution is -2.21. The fraction of sp³-hybridized carbons (Fsp3) is 0.889. The lowest BCUT2D eigenvalue weighted by atomic mass is 10.1. The molecule has 0 unspecified atom stereocenters. The van der Waals surface area contributed by atoms with Crippen molar-refractivity contribution in [2.45, 2.75) is 44.7 Å². The smallest absolute Gasteiger partial charge is 0.287 e. The van der Waals surface area contributed by atoms with Crippen molar-refractivity contribution in [3.8, 4) is 0 Å². The molecule has 0 aliphatic heterocycles. The van der Waals surface area contributed by atoms with Gasteiger partial charge >= 0.3 is 6.18 Å². The molecule has 0 aromatic carbocycles. The number of carbonyl (C=O) groups is 1. The molecule has 0 amide bonds. The van der Waals surface area contributed by atoms with Crippen molar-refractivity contribution in [1.29, 1.82) is 0 Å². The maximum absolute atomic E-state index is 12.9. The highest BCUT2D eigenvalue weighted by Crippen LogP contribution is 2.32. The van der Waals surface area contributed by atoms with Gasteiger partial charge in [0.25, 0.3) is 0 Å². The fourth-order valence-corrected chi connectivity index (χ4v) is 1.70. The van der Waals surface area contributed by atoms with Gasteiger partial charge in [-0.05, 0) is 0 Å². The summed E-state index contributed by atoms with van der Waals surface area (Å²) in [4.78, 5) is 10.8. The van der Waals surface area contributed by atoms with E-state index < -0.39 is 31.4 Å². The molecular weight excluding hydrogens is 251 g/mol. The summed E-state index contributed by atoms with van der Waals surface area (Å²) in [7, 11) is 0. The van der Waals surface area contributed by atoms with E-state index in [9.17, 15) is 26.7 Å². The molecule has 0 bridgehead atoms. The third-order valence-corrected chi connectivity index (χ3v) is 2.81. The summed E-state index contributed by atoms with van der Waals surface area (Å²) in [5, 5.41) is -0.230. The molecule has 0 saturated heterocycles. The van der Waals surface area contributed by atoms with Crippen LogP contribution >= 0.6 is 11.8 Å². The van der Waals surface area contributed by atoms with Gasteiger partial charge in [0, 0.05) is 31.4 Å². The molecule has 0 rings (SSSR count). The highest BCUT2D eigenvalue weighted by Gasteiger charge is 2.36. The summed E-state index contributed by atoms with van der Waals surface area (Å²) in [5.41, 5.74) is 0. The highest BCUT2D eigenvalue weighted by molar-refractivity contribution is 8.13. The van der Waals surface area contributed by atoms with Gasteiger partial charge in [-0.3, -0.25) is 4.79 Å². The Morgan fingerprint density at radius 2 is 1.62 bits per heavy atom. The molecular formula is C9H13F5OS. The molecule has 7 heteroatoms. The first kappa shape index (κ1) is 15.7. The largest absolute Gasteiger partial charge is 0.389 e. The maximum Gasteiger partial charge on any atom is 0.389 e. The van der Waals surface area contributed by atoms with Crippen LogP contribution in [0.25, 0.3) is 0 Å². The van der Waals surface area contributed by atoms with Gasteiger partial charge in [-0.15, -0.1) is 0 Å². The zero-order valence-corrected chi connectivity index (χ0v) is 9.56. The van der Waals surface area contributed by atoms with Crippen molar-refractivity contribution in [3.63, 3.8) is 0 Å². The molecule has 16 heavy (non-hydrogen) atoms. The monoisotopic (exact) mass is 264 g/mol. The minimum absolute atomic E-state index is 0.141. The van der Waals surface area contributed by atoms with Gasteiger partial charge in [-0.1, -0.05) is 18.7 Å². The van der Waals surface area contributed by atoms with Gasteiger partial charge in [0.1, 0.15) is 0 Å². The Hall–Kier alpha value is -0.330. The van der Waals surface area contributed by atoms with Crippen molar-refractivity contribution in [1.82, 2.24) is 0 Å². The maximum atomic E-state index is 12.9. The Labute approximate surface area is 94.8 Å². The molecule has 1 nitrogen and oxygen atoms in total. The molecule has 0 N–H and O–H groups in total. The highest BCUT2D eigenvalue weighted by atomic mass is 32.2. The van der Waals surface area contributed by atoms with Crippen molar-refractivity contribution in [3.05, 3.63) is 0 Å². The van der Waals surface area contributed by atoms with Crippen LogP contribution < -0.4 is 0 Å². The summed E-state index contributed by atoms with van der Waals surface area (Å²) in [6.45, 7) is 1.59. The van der Waals surface area contributed by atoms with Crippen LogP contribution in [-0.2, 0) is 4.79 Å². The number of hydrogen-bond acceptors (Lipinski definition) is 2. The number of thioether (sulfide) groups is 1. The molecule has 0 aromatic rings. The summed E-state index contributed by atoms with van der Waals surface area (Å²) in [6, 6.07) is 0. The van der Waals surface area contributed by atoms with Crippen molar-refractivity contribution in [2.24, 2.45) is 0 Å². The first-order valence-corrected chi connectivity index (χ1v) is 5.75. The van der Waals surface area contributed by atoms with Crippen LogP contribution in [0, 0.1) is 0 Å². The molecule has 0 atom stereocenters. The number of carbonyl (C=O) groups excluding carboxylic acids is 1. The zero-order valence-electron chi connectivity index (χ0n) is 8.74. The lowest BCUT2D eigenvalue weighted by Gasteiger charge is -2.16. The van der Waals surface area contributed by atoms with Crippen LogP contribution in [0.4, 0.5) is 22.0 Å². The van der Waals surface area contributed by atoms with Crippen LogP contribution in [0.2, 0.25) is 0 Å². The van der Waals surface area contributed by atoms with E-state index in [1.165, 1.54) is 0 Å². The fourth-order valence-electron chi connectivity index (χ4n) is 0.866. The molecule has 0 fully saturated rings. The van der Waals surface area contributed by atoms with Crippen LogP contribution in [0.15, 0.2) is 0 Å². The Bertz CT molecular complexity index is 226. The Kier molecular flexibility index (Phi) is 6.28. The second-order valence-electron chi connectivity index (χ2n) is 3.30. The molecule has 0 aliphatic carbocycles. The van der Waals surface area contributed by atoms with Gasteiger partial charge in [-0.2, -0.15) is 13.2 Å². The van der Waals surface area contributed by atoms with E-state index >= 15 is 0 Å². The van der Waals surface area contributed by atoms with E-state index in [0.717, 1.165) is 11.8 Å². The minimum Gasteiger partial charge on any atom is -0.287 e. The average Bonchev–Trinajstić information content (AvgIpc) is 2.13. The third-order valence-electron chi connectivity index (χ3n) is 1.79. The topological polar surface area (TPSA) is 17.1 Å². The number of alkyl halides is 5. The van der Waals surface area contributed by atoms with Crippen molar-refractivity contribution < 1.29 is 26.7 Å². The van der Waals surface area contributed by atoms with Gasteiger partial charge in [0.2, 0.25) is 5.92 Å². The summed E-state index contributed by atoms with van der Waals surface area (Å²) in [6.07, 6.45) is -7.72. The average molecular weight is 264 g/mol. The quantitative estimate of drug-likeness (QED) is 0.674. The van der Waals surface area contributed by atoms with Gasteiger partial charge in [-0.25, -0.2) is 8.78 Å². The summed E-state index contributed by atoms with van der Waals surface area (Å²) >= 11 is 0.736. The number of rotatable bonds is 6. The van der Waals surface area contributed by atoms with E-state index in [1.807, 2.05) is 0 Å². The molecule has 0 aromatic heterocycles. The molecule has 96 valence electrons. The van der Waals surface area contributed by atoms with E-state index in [2.05, 4.69) is 0 Å².